The van der Waals surface area contributed by atoms with Crippen LogP contribution in [0.4, 0.5) is 5.69 Å². The third-order valence-corrected chi connectivity index (χ3v) is 4.64. The van der Waals surface area contributed by atoms with Crippen LogP contribution in [0.15, 0.2) is 30.3 Å². The lowest BCUT2D eigenvalue weighted by Gasteiger charge is -2.36. The maximum absolute atomic E-state index is 12.3. The van der Waals surface area contributed by atoms with E-state index in [0.717, 1.165) is 18.8 Å². The number of carboxylic acid groups (broad SMARTS) is 1. The molecule has 0 aliphatic carbocycles. The second-order valence-electron chi connectivity index (χ2n) is 6.22. The van der Waals surface area contributed by atoms with Gasteiger partial charge in [0.1, 0.15) is 6.04 Å². The molecule has 7 nitrogen and oxygen atoms in total. The average Bonchev–Trinajstić information content (AvgIpc) is 2.65. The number of aliphatic carboxylic acids is 1. The molecule has 0 radical (unpaired) electrons. The summed E-state index contributed by atoms with van der Waals surface area (Å²) < 4.78 is 0. The Hall–Kier alpha value is -2.57. The quantitative estimate of drug-likeness (QED) is 0.832. The number of benzene rings is 1. The van der Waals surface area contributed by atoms with Crippen LogP contribution >= 0.6 is 0 Å². The van der Waals surface area contributed by atoms with Crippen LogP contribution in [-0.2, 0) is 14.4 Å². The van der Waals surface area contributed by atoms with Crippen LogP contribution in [0.2, 0.25) is 0 Å². The van der Waals surface area contributed by atoms with Gasteiger partial charge in [-0.1, -0.05) is 18.2 Å². The normalized spacial score (nSPS) is 15.6. The van der Waals surface area contributed by atoms with Crippen LogP contribution < -0.4 is 4.90 Å². The summed E-state index contributed by atoms with van der Waals surface area (Å²) in [5, 5.41) is 8.93. The van der Waals surface area contributed by atoms with Crippen molar-refractivity contribution in [2.75, 3.05) is 38.1 Å². The molecule has 1 aliphatic heterocycles. The highest BCUT2D eigenvalue weighted by atomic mass is 16.4. The molecular formula is C18H25N3O4. The molecule has 1 aromatic rings. The van der Waals surface area contributed by atoms with Crippen LogP contribution in [0.25, 0.3) is 0 Å². The summed E-state index contributed by atoms with van der Waals surface area (Å²) in [5.41, 5.74) is 1.15. The molecule has 1 N–H and O–H groups in total. The van der Waals surface area contributed by atoms with Gasteiger partial charge in [-0.3, -0.25) is 9.59 Å². The van der Waals surface area contributed by atoms with Gasteiger partial charge in [0.15, 0.2) is 0 Å². The van der Waals surface area contributed by atoms with Gasteiger partial charge in [0.25, 0.3) is 0 Å². The molecule has 136 valence electrons. The second-order valence-corrected chi connectivity index (χ2v) is 6.22. The van der Waals surface area contributed by atoms with Gasteiger partial charge in [0, 0.05) is 51.8 Å². The standard InChI is InChI=1S/C18H25N3O4/c1-14(18(24)25)19(2)16(22)8-9-17(23)21-12-10-20(11-13-21)15-6-4-3-5-7-15/h3-7,14H,8-13H2,1-2H3,(H,24,25). The van der Waals surface area contributed by atoms with Crippen molar-refractivity contribution >= 4 is 23.5 Å². The molecule has 1 aromatic carbocycles. The molecule has 7 heteroatoms. The summed E-state index contributed by atoms with van der Waals surface area (Å²) in [5.74, 6) is -1.44. The number of carbonyl (C=O) groups is 3. The van der Waals surface area contributed by atoms with Crippen molar-refractivity contribution in [3.8, 4) is 0 Å². The highest BCUT2D eigenvalue weighted by Crippen LogP contribution is 2.16. The number of carbonyl (C=O) groups excluding carboxylic acids is 2. The van der Waals surface area contributed by atoms with E-state index in [-0.39, 0.29) is 24.7 Å². The molecule has 1 fully saturated rings. The van der Waals surface area contributed by atoms with Crippen molar-refractivity contribution in [1.82, 2.24) is 9.80 Å². The molecular weight excluding hydrogens is 322 g/mol. The SMILES string of the molecule is CC(C(=O)O)N(C)C(=O)CCC(=O)N1CCN(c2ccccc2)CC1. The summed E-state index contributed by atoms with van der Waals surface area (Å²) in [6.45, 7) is 4.23. The first kappa shape index (κ1) is 18.8. The molecule has 0 bridgehead atoms. The predicted octanol–water partition coefficient (Wildman–Crippen LogP) is 1.05. The van der Waals surface area contributed by atoms with Crippen molar-refractivity contribution in [2.45, 2.75) is 25.8 Å². The number of carboxylic acids is 1. The monoisotopic (exact) mass is 347 g/mol. The molecule has 2 rings (SSSR count). The van der Waals surface area contributed by atoms with Gasteiger partial charge in [-0.15, -0.1) is 0 Å². The van der Waals surface area contributed by atoms with E-state index in [9.17, 15) is 14.4 Å². The largest absolute Gasteiger partial charge is 0.480 e. The number of hydrogen-bond donors (Lipinski definition) is 1. The van der Waals surface area contributed by atoms with E-state index in [0.29, 0.717) is 13.1 Å². The fourth-order valence-electron chi connectivity index (χ4n) is 2.78. The zero-order chi connectivity index (χ0) is 18.4. The predicted molar refractivity (Wildman–Crippen MR) is 94.3 cm³/mol. The van der Waals surface area contributed by atoms with Crippen LogP contribution in [0.3, 0.4) is 0 Å². The van der Waals surface area contributed by atoms with Crippen molar-refractivity contribution in [3.05, 3.63) is 30.3 Å². The van der Waals surface area contributed by atoms with Crippen LogP contribution in [0.5, 0.6) is 0 Å². The van der Waals surface area contributed by atoms with E-state index in [1.165, 1.54) is 18.9 Å². The maximum atomic E-state index is 12.3. The minimum absolute atomic E-state index is 0.0336. The maximum Gasteiger partial charge on any atom is 0.326 e. The fourth-order valence-corrected chi connectivity index (χ4v) is 2.78. The molecule has 0 spiro atoms. The molecule has 0 aromatic heterocycles. The van der Waals surface area contributed by atoms with Gasteiger partial charge >= 0.3 is 5.97 Å². The molecule has 1 saturated heterocycles. The third kappa shape index (κ3) is 4.95. The van der Waals surface area contributed by atoms with E-state index >= 15 is 0 Å². The number of para-hydroxylation sites is 1. The van der Waals surface area contributed by atoms with E-state index < -0.39 is 12.0 Å². The minimum atomic E-state index is -1.06. The van der Waals surface area contributed by atoms with Gasteiger partial charge < -0.3 is 19.8 Å². The Morgan fingerprint density at radius 2 is 1.68 bits per heavy atom. The van der Waals surface area contributed by atoms with Gasteiger partial charge in [0.05, 0.1) is 0 Å². The van der Waals surface area contributed by atoms with Gasteiger partial charge in [-0.2, -0.15) is 0 Å². The summed E-state index contributed by atoms with van der Waals surface area (Å²) in [6, 6.07) is 9.17. The van der Waals surface area contributed by atoms with E-state index in [2.05, 4.69) is 17.0 Å². The van der Waals surface area contributed by atoms with Crippen molar-refractivity contribution in [3.63, 3.8) is 0 Å². The first-order valence-corrected chi connectivity index (χ1v) is 8.46. The van der Waals surface area contributed by atoms with E-state index in [1.807, 2.05) is 18.2 Å². The number of amides is 2. The Morgan fingerprint density at radius 1 is 1.08 bits per heavy atom. The summed E-state index contributed by atoms with van der Waals surface area (Å²) in [6.07, 6.45) is 0.146. The zero-order valence-corrected chi connectivity index (χ0v) is 14.7. The van der Waals surface area contributed by atoms with Crippen LogP contribution in [-0.4, -0.2) is 72.0 Å². The van der Waals surface area contributed by atoms with Crippen molar-refractivity contribution in [2.24, 2.45) is 0 Å². The minimum Gasteiger partial charge on any atom is -0.480 e. The lowest BCUT2D eigenvalue weighted by molar-refractivity contribution is -0.148. The number of likely N-dealkylation sites (N-methyl/N-ethyl adjacent to an activating group) is 1. The van der Waals surface area contributed by atoms with Gasteiger partial charge in [-0.25, -0.2) is 4.79 Å². The number of hydrogen-bond acceptors (Lipinski definition) is 4. The van der Waals surface area contributed by atoms with Crippen LogP contribution in [0, 0.1) is 0 Å². The summed E-state index contributed by atoms with van der Waals surface area (Å²) in [4.78, 5) is 40.4. The zero-order valence-electron chi connectivity index (χ0n) is 14.7. The lowest BCUT2D eigenvalue weighted by Crippen LogP contribution is -2.49. The number of rotatable bonds is 6. The molecule has 1 atom stereocenters. The summed E-state index contributed by atoms with van der Waals surface area (Å²) >= 11 is 0. The molecule has 1 aliphatic rings. The summed E-state index contributed by atoms with van der Waals surface area (Å²) in [7, 11) is 1.45. The Labute approximate surface area is 147 Å². The molecule has 0 saturated carbocycles. The Balaban J connectivity index is 1.77. The highest BCUT2D eigenvalue weighted by Gasteiger charge is 2.24. The van der Waals surface area contributed by atoms with E-state index in [4.69, 9.17) is 5.11 Å². The Morgan fingerprint density at radius 3 is 2.24 bits per heavy atom. The van der Waals surface area contributed by atoms with Crippen molar-refractivity contribution in [1.29, 1.82) is 0 Å². The molecule has 1 heterocycles. The van der Waals surface area contributed by atoms with Gasteiger partial charge in [-0.05, 0) is 19.1 Å². The first-order valence-electron chi connectivity index (χ1n) is 8.46. The van der Waals surface area contributed by atoms with Crippen LogP contribution in [0.1, 0.15) is 19.8 Å². The molecule has 25 heavy (non-hydrogen) atoms. The molecule has 1 unspecified atom stereocenters. The molecule has 2 amide bonds. The third-order valence-electron chi connectivity index (χ3n) is 4.64. The average molecular weight is 347 g/mol. The first-order chi connectivity index (χ1) is 11.9. The highest BCUT2D eigenvalue weighted by molar-refractivity contribution is 5.86. The Kier molecular flexibility index (Phi) is 6.38. The smallest absolute Gasteiger partial charge is 0.326 e. The number of anilines is 1. The van der Waals surface area contributed by atoms with Gasteiger partial charge in [0.2, 0.25) is 11.8 Å². The topological polar surface area (TPSA) is 81.2 Å². The number of nitrogens with zero attached hydrogens (tertiary/aromatic N) is 3. The number of piperazine rings is 1. The van der Waals surface area contributed by atoms with Crippen molar-refractivity contribution < 1.29 is 19.5 Å². The second kappa shape index (κ2) is 8.50. The lowest BCUT2D eigenvalue weighted by atomic mass is 10.2. The Bertz CT molecular complexity index is 612. The van der Waals surface area contributed by atoms with E-state index in [1.54, 1.807) is 4.90 Å². The fraction of sp³-hybridized carbons (Fsp3) is 0.500.